The molecule has 2 aromatic carbocycles. The predicted octanol–water partition coefficient (Wildman–Crippen LogP) is 4.77. The van der Waals surface area contributed by atoms with Gasteiger partial charge in [-0.1, -0.05) is 65.1 Å². The molecule has 0 radical (unpaired) electrons. The van der Waals surface area contributed by atoms with Crippen LogP contribution < -0.4 is 10.9 Å². The van der Waals surface area contributed by atoms with E-state index in [1.165, 1.54) is 5.56 Å². The first kappa shape index (κ1) is 21.9. The van der Waals surface area contributed by atoms with Crippen LogP contribution in [0.4, 0.5) is 5.69 Å². The molecular weight excluding hydrogens is 459 g/mol. The van der Waals surface area contributed by atoms with Crippen molar-refractivity contribution >= 4 is 70.8 Å². The second kappa shape index (κ2) is 10.3. The Labute approximate surface area is 189 Å². The van der Waals surface area contributed by atoms with Crippen LogP contribution in [-0.2, 0) is 11.3 Å². The van der Waals surface area contributed by atoms with E-state index in [0.29, 0.717) is 27.4 Å². The lowest BCUT2D eigenvalue weighted by Crippen LogP contribution is -2.49. The number of rotatable bonds is 6. The Balaban J connectivity index is 1.52. The van der Waals surface area contributed by atoms with E-state index >= 15 is 0 Å². The maximum atomic E-state index is 12.3. The Morgan fingerprint density at radius 2 is 1.86 bits per heavy atom. The molecule has 1 heterocycles. The average molecular weight is 478 g/mol. The Hall–Kier alpha value is -0.800. The number of carbonyl (C=O) groups is 1. The van der Waals surface area contributed by atoms with Gasteiger partial charge in [0.25, 0.3) is 5.91 Å². The number of hydrogen-bond donors (Lipinski definition) is 3. The van der Waals surface area contributed by atoms with Crippen LogP contribution in [0.5, 0.6) is 0 Å². The number of nitrogens with one attached hydrogen (secondary N) is 2. The molecule has 150 valence electrons. The zero-order chi connectivity index (χ0) is 20.1. The molecule has 1 amide bonds. The lowest BCUT2D eigenvalue weighted by atomic mass is 10.2. The van der Waals surface area contributed by atoms with Crippen LogP contribution in [0, 0.1) is 0 Å². The van der Waals surface area contributed by atoms with E-state index in [0.717, 1.165) is 12.4 Å². The van der Waals surface area contributed by atoms with Crippen LogP contribution in [0.3, 0.4) is 0 Å². The van der Waals surface area contributed by atoms with Crippen molar-refractivity contribution < 1.29 is 4.79 Å². The largest absolute Gasteiger partial charge is 0.296 e. The molecule has 0 saturated carbocycles. The molecule has 0 aromatic heterocycles. The number of hydrazine groups is 1. The van der Waals surface area contributed by atoms with Gasteiger partial charge in [-0.2, -0.15) is 0 Å². The summed E-state index contributed by atoms with van der Waals surface area (Å²) >= 11 is 24.4. The molecule has 1 fully saturated rings. The molecule has 28 heavy (non-hydrogen) atoms. The van der Waals surface area contributed by atoms with Gasteiger partial charge in [0.05, 0.1) is 28.9 Å². The predicted molar refractivity (Wildman–Crippen MR) is 122 cm³/mol. The van der Waals surface area contributed by atoms with E-state index in [4.69, 9.17) is 34.8 Å². The van der Waals surface area contributed by atoms with Crippen LogP contribution in [0.15, 0.2) is 42.5 Å². The van der Waals surface area contributed by atoms with Gasteiger partial charge in [0, 0.05) is 17.4 Å². The molecule has 2 N–H and O–H groups in total. The number of anilines is 1. The third-order valence-corrected chi connectivity index (χ3v) is 6.73. The summed E-state index contributed by atoms with van der Waals surface area (Å²) in [4.78, 5) is 16.6. The van der Waals surface area contributed by atoms with Crippen LogP contribution in [0.2, 0.25) is 15.1 Å². The smallest absolute Gasteiger partial charge is 0.252 e. The maximum Gasteiger partial charge on any atom is 0.252 e. The summed E-state index contributed by atoms with van der Waals surface area (Å²) < 4.78 is 0.0873. The lowest BCUT2D eigenvalue weighted by Gasteiger charge is -2.38. The number of thioether (sulfide) groups is 1. The minimum atomic E-state index is -0.194. The summed E-state index contributed by atoms with van der Waals surface area (Å²) in [5.74, 6) is 0.523. The van der Waals surface area contributed by atoms with Crippen molar-refractivity contribution in [1.82, 2.24) is 15.2 Å². The van der Waals surface area contributed by atoms with Gasteiger partial charge in [-0.25, -0.2) is 0 Å². The molecule has 3 rings (SSSR count). The second-order valence-electron chi connectivity index (χ2n) is 6.24. The molecule has 0 aliphatic carbocycles. The van der Waals surface area contributed by atoms with Crippen LogP contribution in [0.25, 0.3) is 0 Å². The van der Waals surface area contributed by atoms with E-state index < -0.39 is 0 Å². The third kappa shape index (κ3) is 6.10. The topological polar surface area (TPSA) is 47.6 Å². The third-order valence-electron chi connectivity index (χ3n) is 4.03. The monoisotopic (exact) mass is 476 g/mol. The summed E-state index contributed by atoms with van der Waals surface area (Å²) in [5.41, 5.74) is 7.03. The Bertz CT molecular complexity index is 805. The summed E-state index contributed by atoms with van der Waals surface area (Å²) in [7, 11) is 0. The molecule has 0 spiro atoms. The van der Waals surface area contributed by atoms with Crippen molar-refractivity contribution in [1.29, 1.82) is 0 Å². The highest BCUT2D eigenvalue weighted by molar-refractivity contribution is 8.10. The van der Waals surface area contributed by atoms with Crippen molar-refractivity contribution in [2.24, 2.45) is 0 Å². The number of benzene rings is 2. The SMILES string of the molecule is O=C(CN1CSC(S)N(Cc2ccccc2)C1)NNc1c(Cl)cc(Cl)cc1Cl. The minimum absolute atomic E-state index is 0.0873. The number of amides is 1. The van der Waals surface area contributed by atoms with Gasteiger partial charge in [-0.05, 0) is 17.7 Å². The van der Waals surface area contributed by atoms with E-state index in [1.807, 2.05) is 23.1 Å². The van der Waals surface area contributed by atoms with Crippen molar-refractivity contribution in [3.63, 3.8) is 0 Å². The highest BCUT2D eigenvalue weighted by Gasteiger charge is 2.26. The highest BCUT2D eigenvalue weighted by atomic mass is 35.5. The van der Waals surface area contributed by atoms with Crippen molar-refractivity contribution in [3.05, 3.63) is 63.1 Å². The maximum absolute atomic E-state index is 12.3. The summed E-state index contributed by atoms with van der Waals surface area (Å²) in [6, 6.07) is 13.3. The molecule has 2 aromatic rings. The Kier molecular flexibility index (Phi) is 8.05. The Morgan fingerprint density at radius 1 is 1.18 bits per heavy atom. The molecule has 1 aliphatic rings. The molecule has 10 heteroatoms. The molecule has 0 bridgehead atoms. The normalized spacial score (nSPS) is 18.1. The standard InChI is InChI=1S/C18H19Cl3N4OS2/c19-13-6-14(20)17(15(21)7-13)23-22-16(26)9-24-10-25(18(27)28-11-24)8-12-4-2-1-3-5-12/h1-7,18,23,27H,8-11H2,(H,22,26). The second-order valence-corrected chi connectivity index (χ2v) is 9.37. The fraction of sp³-hybridized carbons (Fsp3) is 0.278. The summed E-state index contributed by atoms with van der Waals surface area (Å²) in [6.45, 7) is 1.65. The highest BCUT2D eigenvalue weighted by Crippen LogP contribution is 2.33. The fourth-order valence-electron chi connectivity index (χ4n) is 2.72. The first-order chi connectivity index (χ1) is 13.4. The van der Waals surface area contributed by atoms with Gasteiger partial charge in [-0.15, -0.1) is 24.4 Å². The number of thiol groups is 1. The molecule has 1 unspecified atom stereocenters. The molecule has 1 saturated heterocycles. The van der Waals surface area contributed by atoms with Crippen LogP contribution >= 0.6 is 59.2 Å². The van der Waals surface area contributed by atoms with Gasteiger partial charge in [0.2, 0.25) is 0 Å². The Morgan fingerprint density at radius 3 is 2.54 bits per heavy atom. The zero-order valence-electron chi connectivity index (χ0n) is 14.7. The molecular formula is C18H19Cl3N4OS2. The van der Waals surface area contributed by atoms with Gasteiger partial charge >= 0.3 is 0 Å². The first-order valence-corrected chi connectivity index (χ1v) is 11.1. The minimum Gasteiger partial charge on any atom is -0.296 e. The summed E-state index contributed by atoms with van der Waals surface area (Å²) in [6.07, 6.45) is 0. The fourth-order valence-corrected chi connectivity index (χ4v) is 4.86. The van der Waals surface area contributed by atoms with Crippen LogP contribution in [-0.4, -0.2) is 39.5 Å². The number of hydrogen-bond acceptors (Lipinski definition) is 6. The summed E-state index contributed by atoms with van der Waals surface area (Å²) in [5, 5.41) is 1.09. The molecule has 1 aliphatic heterocycles. The van der Waals surface area contributed by atoms with E-state index in [9.17, 15) is 4.79 Å². The van der Waals surface area contributed by atoms with Crippen molar-refractivity contribution in [2.45, 2.75) is 11.3 Å². The number of halogens is 3. The van der Waals surface area contributed by atoms with Crippen molar-refractivity contribution in [2.75, 3.05) is 24.5 Å². The van der Waals surface area contributed by atoms with Crippen LogP contribution in [0.1, 0.15) is 5.56 Å². The molecule has 5 nitrogen and oxygen atoms in total. The zero-order valence-corrected chi connectivity index (χ0v) is 18.7. The van der Waals surface area contributed by atoms with Crippen molar-refractivity contribution in [3.8, 4) is 0 Å². The first-order valence-electron chi connectivity index (χ1n) is 8.42. The van der Waals surface area contributed by atoms with E-state index in [-0.39, 0.29) is 17.2 Å². The van der Waals surface area contributed by atoms with E-state index in [2.05, 4.69) is 40.5 Å². The number of nitrogens with zero attached hydrogens (tertiary/aromatic N) is 2. The quantitative estimate of drug-likeness (QED) is 0.413. The van der Waals surface area contributed by atoms with Gasteiger partial charge in [0.15, 0.2) is 0 Å². The number of carbonyl (C=O) groups excluding carboxylic acids is 1. The average Bonchev–Trinajstić information content (AvgIpc) is 2.64. The molecule has 1 atom stereocenters. The van der Waals surface area contributed by atoms with E-state index in [1.54, 1.807) is 23.9 Å². The van der Waals surface area contributed by atoms with Gasteiger partial charge in [0.1, 0.15) is 4.71 Å². The van der Waals surface area contributed by atoms with Gasteiger partial charge in [-0.3, -0.25) is 25.4 Å². The lowest BCUT2D eigenvalue weighted by molar-refractivity contribution is -0.122. The van der Waals surface area contributed by atoms with Gasteiger partial charge < -0.3 is 0 Å².